The number of pyridine rings is 1. The maximum atomic E-state index is 12.3. The van der Waals surface area contributed by atoms with Gasteiger partial charge in [0.25, 0.3) is 5.03 Å². The molecule has 9 heteroatoms. The third-order valence-corrected chi connectivity index (χ3v) is 3.83. The van der Waals surface area contributed by atoms with Crippen molar-refractivity contribution in [1.82, 2.24) is 5.32 Å². The Morgan fingerprint density at radius 1 is 1.21 bits per heavy atom. The maximum absolute atomic E-state index is 12.3. The number of para-hydroxylation sites is 1. The summed E-state index contributed by atoms with van der Waals surface area (Å²) in [7, 11) is 0. The topological polar surface area (TPSA) is 65.3 Å². The van der Waals surface area contributed by atoms with Crippen molar-refractivity contribution >= 4 is 17.7 Å². The average molecular weight is 358 g/mol. The fourth-order valence-electron chi connectivity index (χ4n) is 1.78. The Labute approximate surface area is 140 Å². The first-order valence-electron chi connectivity index (χ1n) is 6.76. The molecule has 0 saturated carbocycles. The van der Waals surface area contributed by atoms with E-state index in [1.807, 2.05) is 0 Å². The van der Waals surface area contributed by atoms with Crippen LogP contribution in [-0.2, 0) is 11.3 Å². The van der Waals surface area contributed by atoms with Crippen molar-refractivity contribution in [3.05, 3.63) is 59.4 Å². The van der Waals surface area contributed by atoms with Gasteiger partial charge in [0.05, 0.1) is 5.75 Å². The van der Waals surface area contributed by atoms with Gasteiger partial charge in [-0.1, -0.05) is 18.2 Å². The van der Waals surface area contributed by atoms with Gasteiger partial charge in [0.1, 0.15) is 5.75 Å². The average Bonchev–Trinajstić information content (AvgIpc) is 2.52. The van der Waals surface area contributed by atoms with Crippen LogP contribution in [-0.4, -0.2) is 18.0 Å². The van der Waals surface area contributed by atoms with Crippen LogP contribution in [0.5, 0.6) is 5.75 Å². The molecule has 0 spiro atoms. The lowest BCUT2D eigenvalue weighted by atomic mass is 10.2. The van der Waals surface area contributed by atoms with Crippen LogP contribution in [0.15, 0.2) is 53.7 Å². The standard InChI is InChI=1S/C15H13F3N2O3S/c16-15(17,18)23-12-6-2-1-5-11(12)9-19-13(21)10-24-14-7-3-4-8-20(14)22/h1-8H,9-10H2,(H,19,21). The molecular formula is C15H13F3N2O3S. The molecule has 1 aromatic heterocycles. The van der Waals surface area contributed by atoms with Gasteiger partial charge in [0, 0.05) is 24.2 Å². The van der Waals surface area contributed by atoms with Gasteiger partial charge in [-0.15, -0.1) is 13.2 Å². The number of aromatic nitrogens is 1. The highest BCUT2D eigenvalue weighted by molar-refractivity contribution is 7.99. The molecule has 0 aliphatic rings. The van der Waals surface area contributed by atoms with Gasteiger partial charge in [0.15, 0.2) is 6.20 Å². The van der Waals surface area contributed by atoms with Crippen LogP contribution in [0, 0.1) is 5.21 Å². The second kappa shape index (κ2) is 7.91. The number of ether oxygens (including phenoxy) is 1. The Morgan fingerprint density at radius 2 is 1.92 bits per heavy atom. The fraction of sp³-hybridized carbons (Fsp3) is 0.200. The minimum absolute atomic E-state index is 0.0332. The zero-order chi connectivity index (χ0) is 17.6. The largest absolute Gasteiger partial charge is 0.618 e. The summed E-state index contributed by atoms with van der Waals surface area (Å²) in [5.74, 6) is -0.807. The number of thioether (sulfide) groups is 1. The number of hydrogen-bond donors (Lipinski definition) is 1. The maximum Gasteiger partial charge on any atom is 0.573 e. The van der Waals surface area contributed by atoms with Crippen molar-refractivity contribution in [3.63, 3.8) is 0 Å². The molecule has 0 saturated heterocycles. The molecule has 0 atom stereocenters. The lowest BCUT2D eigenvalue weighted by Gasteiger charge is -2.13. The first-order chi connectivity index (χ1) is 11.3. The molecule has 0 aliphatic heterocycles. The van der Waals surface area contributed by atoms with Crippen LogP contribution in [0.25, 0.3) is 0 Å². The van der Waals surface area contributed by atoms with E-state index in [1.165, 1.54) is 24.4 Å². The van der Waals surface area contributed by atoms with Crippen LogP contribution < -0.4 is 14.8 Å². The molecule has 0 aliphatic carbocycles. The molecular weight excluding hydrogens is 345 g/mol. The van der Waals surface area contributed by atoms with E-state index in [2.05, 4.69) is 10.1 Å². The van der Waals surface area contributed by atoms with Gasteiger partial charge >= 0.3 is 6.36 Å². The number of nitrogens with one attached hydrogen (secondary N) is 1. The predicted molar refractivity (Wildman–Crippen MR) is 81.1 cm³/mol. The molecule has 1 N–H and O–H groups in total. The summed E-state index contributed by atoms with van der Waals surface area (Å²) < 4.78 is 41.5. The van der Waals surface area contributed by atoms with E-state index < -0.39 is 12.3 Å². The van der Waals surface area contributed by atoms with E-state index in [-0.39, 0.29) is 23.6 Å². The molecule has 1 amide bonds. The lowest BCUT2D eigenvalue weighted by molar-refractivity contribution is -0.645. The van der Waals surface area contributed by atoms with E-state index >= 15 is 0 Å². The predicted octanol–water partition coefficient (Wildman–Crippen LogP) is 2.63. The van der Waals surface area contributed by atoms with Crippen molar-refractivity contribution in [1.29, 1.82) is 0 Å². The molecule has 0 unspecified atom stereocenters. The van der Waals surface area contributed by atoms with Gasteiger partial charge in [-0.05, 0) is 23.9 Å². The fourth-order valence-corrected chi connectivity index (χ4v) is 2.53. The zero-order valence-electron chi connectivity index (χ0n) is 12.2. The number of hydrogen-bond acceptors (Lipinski definition) is 4. The first kappa shape index (κ1) is 17.9. The van der Waals surface area contributed by atoms with Gasteiger partial charge in [0.2, 0.25) is 5.91 Å². The third-order valence-electron chi connectivity index (χ3n) is 2.81. The van der Waals surface area contributed by atoms with Gasteiger partial charge in [-0.3, -0.25) is 4.79 Å². The summed E-state index contributed by atoms with van der Waals surface area (Å²) >= 11 is 1.03. The number of nitrogens with zero attached hydrogens (tertiary/aromatic N) is 1. The molecule has 1 heterocycles. The summed E-state index contributed by atoms with van der Waals surface area (Å²) in [4.78, 5) is 11.8. The zero-order valence-corrected chi connectivity index (χ0v) is 13.1. The summed E-state index contributed by atoms with van der Waals surface area (Å²) in [6, 6.07) is 10.4. The van der Waals surface area contributed by atoms with Crippen LogP contribution in [0.1, 0.15) is 5.56 Å². The molecule has 128 valence electrons. The van der Waals surface area contributed by atoms with E-state index in [0.717, 1.165) is 11.8 Å². The van der Waals surface area contributed by atoms with Crippen molar-refractivity contribution in [2.75, 3.05) is 5.75 Å². The quantitative estimate of drug-likeness (QED) is 0.490. The van der Waals surface area contributed by atoms with Gasteiger partial charge in [-0.25, -0.2) is 0 Å². The molecule has 5 nitrogen and oxygen atoms in total. The normalized spacial score (nSPS) is 11.1. The number of carbonyl (C=O) groups is 1. The Bertz CT molecular complexity index is 710. The number of benzene rings is 1. The van der Waals surface area contributed by atoms with Gasteiger partial charge in [-0.2, -0.15) is 4.73 Å². The molecule has 0 fully saturated rings. The molecule has 1 aromatic carbocycles. The Balaban J connectivity index is 1.89. The summed E-state index contributed by atoms with van der Waals surface area (Å²) in [6.07, 6.45) is -3.49. The summed E-state index contributed by atoms with van der Waals surface area (Å²) in [5.41, 5.74) is 0.201. The van der Waals surface area contributed by atoms with Crippen LogP contribution in [0.4, 0.5) is 13.2 Å². The lowest BCUT2D eigenvalue weighted by Crippen LogP contribution is -2.30. The number of amides is 1. The first-order valence-corrected chi connectivity index (χ1v) is 7.75. The highest BCUT2D eigenvalue weighted by Gasteiger charge is 2.31. The van der Waals surface area contributed by atoms with Crippen LogP contribution in [0.2, 0.25) is 0 Å². The summed E-state index contributed by atoms with van der Waals surface area (Å²) in [6.45, 7) is -0.113. The number of halogens is 3. The molecule has 2 aromatic rings. The van der Waals surface area contributed by atoms with Crippen LogP contribution >= 0.6 is 11.8 Å². The van der Waals surface area contributed by atoms with E-state index in [9.17, 15) is 23.2 Å². The number of rotatable bonds is 6. The van der Waals surface area contributed by atoms with E-state index in [4.69, 9.17) is 0 Å². The molecule has 0 bridgehead atoms. The SMILES string of the molecule is O=C(CSc1cccc[n+]1[O-])NCc1ccccc1OC(F)(F)F. The van der Waals surface area contributed by atoms with E-state index in [0.29, 0.717) is 9.76 Å². The minimum atomic E-state index is -4.80. The monoisotopic (exact) mass is 358 g/mol. The highest BCUT2D eigenvalue weighted by atomic mass is 32.2. The molecule has 0 radical (unpaired) electrons. The Hall–Kier alpha value is -2.42. The smallest absolute Gasteiger partial charge is 0.573 e. The van der Waals surface area contributed by atoms with Crippen molar-refractivity contribution < 1.29 is 27.4 Å². The molecule has 24 heavy (non-hydrogen) atoms. The van der Waals surface area contributed by atoms with Crippen molar-refractivity contribution in [2.45, 2.75) is 17.9 Å². The number of carbonyl (C=O) groups excluding carboxylic acids is 1. The summed E-state index contributed by atoms with van der Waals surface area (Å²) in [5, 5.41) is 14.3. The highest BCUT2D eigenvalue weighted by Crippen LogP contribution is 2.26. The number of alkyl halides is 3. The Morgan fingerprint density at radius 3 is 2.62 bits per heavy atom. The van der Waals surface area contributed by atoms with Crippen molar-refractivity contribution in [2.24, 2.45) is 0 Å². The second-order valence-electron chi connectivity index (χ2n) is 4.59. The van der Waals surface area contributed by atoms with Crippen LogP contribution in [0.3, 0.4) is 0 Å². The van der Waals surface area contributed by atoms with Crippen molar-refractivity contribution in [3.8, 4) is 5.75 Å². The van der Waals surface area contributed by atoms with E-state index in [1.54, 1.807) is 24.3 Å². The second-order valence-corrected chi connectivity index (χ2v) is 5.58. The molecule has 2 rings (SSSR count). The Kier molecular flexibility index (Phi) is 5.91. The minimum Gasteiger partial charge on any atom is -0.618 e. The van der Waals surface area contributed by atoms with Gasteiger partial charge < -0.3 is 15.3 Å². The third kappa shape index (κ3) is 5.65.